The molecule has 2 aromatic rings. The maximum absolute atomic E-state index is 13.4. The highest BCUT2D eigenvalue weighted by Gasteiger charge is 2.40. The second-order valence-electron chi connectivity index (χ2n) is 8.61. The van der Waals surface area contributed by atoms with E-state index < -0.39 is 38.5 Å². The van der Waals surface area contributed by atoms with E-state index in [0.29, 0.717) is 29.9 Å². The fourth-order valence-electron chi connectivity index (χ4n) is 4.12. The number of rotatable bonds is 8. The number of hydrogen-bond donors (Lipinski definition) is 3. The summed E-state index contributed by atoms with van der Waals surface area (Å²) in [6, 6.07) is 6.28. The molecule has 2 aromatic heterocycles. The van der Waals surface area contributed by atoms with Gasteiger partial charge in [0.1, 0.15) is 10.4 Å². The number of carbonyl (C=O) groups excluding carboxylic acids is 1. The standard InChI is InChI=1S/C21H25BrFN5O5S/c1-21(2)11-13(5-4-10-24-20(30)31)12-28(21)18-14(8-9-15(22)25-18)19(29)27-34(32,33)17-7-3-6-16(23)26-17/h3,6-9,13,24H,4-5,10-12H2,1-2H3,(H,27,29)(H,30,31)/t13-/m0/s1. The monoisotopic (exact) mass is 557 g/mol. The average molecular weight is 558 g/mol. The Kier molecular flexibility index (Phi) is 7.76. The molecule has 3 N–H and O–H groups in total. The Morgan fingerprint density at radius 1 is 1.26 bits per heavy atom. The molecule has 3 rings (SSSR count). The fourth-order valence-corrected chi connectivity index (χ4v) is 5.34. The van der Waals surface area contributed by atoms with E-state index >= 15 is 0 Å². The number of amides is 2. The summed E-state index contributed by atoms with van der Waals surface area (Å²) in [6.45, 7) is 4.91. The van der Waals surface area contributed by atoms with Gasteiger partial charge in [-0.1, -0.05) is 6.07 Å². The van der Waals surface area contributed by atoms with Crippen molar-refractivity contribution in [2.75, 3.05) is 18.0 Å². The number of pyridine rings is 2. The smallest absolute Gasteiger partial charge is 0.404 e. The van der Waals surface area contributed by atoms with E-state index in [2.05, 4.69) is 31.2 Å². The van der Waals surface area contributed by atoms with Gasteiger partial charge >= 0.3 is 6.09 Å². The van der Waals surface area contributed by atoms with Gasteiger partial charge < -0.3 is 15.3 Å². The highest BCUT2D eigenvalue weighted by Crippen LogP contribution is 2.39. The van der Waals surface area contributed by atoms with E-state index in [1.807, 2.05) is 23.5 Å². The normalized spacial score (nSPS) is 17.4. The topological polar surface area (TPSA) is 142 Å². The molecule has 0 radical (unpaired) electrons. The number of aromatic nitrogens is 2. The van der Waals surface area contributed by atoms with Crippen molar-refractivity contribution in [1.82, 2.24) is 20.0 Å². The van der Waals surface area contributed by atoms with E-state index in [-0.39, 0.29) is 11.5 Å². The number of halogens is 2. The van der Waals surface area contributed by atoms with Gasteiger partial charge in [-0.2, -0.15) is 12.8 Å². The van der Waals surface area contributed by atoms with Crippen LogP contribution >= 0.6 is 15.9 Å². The van der Waals surface area contributed by atoms with E-state index in [9.17, 15) is 22.4 Å². The van der Waals surface area contributed by atoms with Gasteiger partial charge in [0.2, 0.25) is 5.95 Å². The van der Waals surface area contributed by atoms with Gasteiger partial charge in [0.15, 0.2) is 5.03 Å². The number of nitrogens with one attached hydrogen (secondary N) is 2. The van der Waals surface area contributed by atoms with Crippen LogP contribution in [0.1, 0.15) is 43.5 Å². The largest absolute Gasteiger partial charge is 0.465 e. The quantitative estimate of drug-likeness (QED) is 0.332. The summed E-state index contributed by atoms with van der Waals surface area (Å²) in [6.07, 6.45) is 1.15. The van der Waals surface area contributed by atoms with Crippen molar-refractivity contribution in [2.24, 2.45) is 5.92 Å². The molecule has 10 nitrogen and oxygen atoms in total. The van der Waals surface area contributed by atoms with E-state index in [4.69, 9.17) is 5.11 Å². The van der Waals surface area contributed by atoms with Crippen molar-refractivity contribution in [3.8, 4) is 0 Å². The first-order valence-electron chi connectivity index (χ1n) is 10.5. The first-order valence-corrected chi connectivity index (χ1v) is 12.8. The number of carboxylic acid groups (broad SMARTS) is 1. The molecule has 0 saturated carbocycles. The molecule has 184 valence electrons. The van der Waals surface area contributed by atoms with Crippen LogP contribution in [0, 0.1) is 11.9 Å². The highest BCUT2D eigenvalue weighted by atomic mass is 79.9. The molecule has 0 bridgehead atoms. The second-order valence-corrected chi connectivity index (χ2v) is 11.0. The Morgan fingerprint density at radius 2 is 2.00 bits per heavy atom. The molecule has 34 heavy (non-hydrogen) atoms. The summed E-state index contributed by atoms with van der Waals surface area (Å²) >= 11 is 3.31. The summed E-state index contributed by atoms with van der Waals surface area (Å²) in [5, 5.41) is 10.5. The lowest BCUT2D eigenvalue weighted by molar-refractivity contribution is 0.0981. The first-order chi connectivity index (χ1) is 15.9. The zero-order valence-electron chi connectivity index (χ0n) is 18.6. The van der Waals surface area contributed by atoms with Gasteiger partial charge in [0.05, 0.1) is 5.56 Å². The van der Waals surface area contributed by atoms with Crippen molar-refractivity contribution in [3.05, 3.63) is 46.4 Å². The zero-order chi connectivity index (χ0) is 25.1. The van der Waals surface area contributed by atoms with Gasteiger partial charge in [-0.15, -0.1) is 0 Å². The van der Waals surface area contributed by atoms with Crippen molar-refractivity contribution < 1.29 is 27.5 Å². The molecule has 1 aliphatic rings. The third-order valence-corrected chi connectivity index (χ3v) is 7.23. The number of carbonyl (C=O) groups is 2. The van der Waals surface area contributed by atoms with Crippen LogP contribution in [0.4, 0.5) is 15.0 Å². The molecule has 1 fully saturated rings. The van der Waals surface area contributed by atoms with Crippen LogP contribution in [-0.2, 0) is 10.0 Å². The Morgan fingerprint density at radius 3 is 2.68 bits per heavy atom. The summed E-state index contributed by atoms with van der Waals surface area (Å²) < 4.78 is 41.0. The molecule has 1 aliphatic heterocycles. The minimum Gasteiger partial charge on any atom is -0.465 e. The average Bonchev–Trinajstić information content (AvgIpc) is 3.04. The van der Waals surface area contributed by atoms with Crippen molar-refractivity contribution in [1.29, 1.82) is 0 Å². The molecule has 13 heteroatoms. The van der Waals surface area contributed by atoms with Crippen molar-refractivity contribution >= 4 is 43.8 Å². The number of nitrogens with zero attached hydrogens (tertiary/aromatic N) is 3. The summed E-state index contributed by atoms with van der Waals surface area (Å²) in [5.74, 6) is -1.36. The molecule has 3 heterocycles. The van der Waals surface area contributed by atoms with E-state index in [0.717, 1.165) is 25.0 Å². The van der Waals surface area contributed by atoms with E-state index in [1.54, 1.807) is 0 Å². The zero-order valence-corrected chi connectivity index (χ0v) is 21.0. The molecule has 1 saturated heterocycles. The molecule has 0 unspecified atom stereocenters. The molecular weight excluding hydrogens is 533 g/mol. The van der Waals surface area contributed by atoms with E-state index in [1.165, 1.54) is 18.2 Å². The predicted molar refractivity (Wildman–Crippen MR) is 126 cm³/mol. The lowest BCUT2D eigenvalue weighted by atomic mass is 9.93. The summed E-state index contributed by atoms with van der Waals surface area (Å²) in [7, 11) is -4.41. The highest BCUT2D eigenvalue weighted by molar-refractivity contribution is 9.10. The second kappa shape index (κ2) is 10.2. The van der Waals surface area contributed by atoms with Crippen molar-refractivity contribution in [3.63, 3.8) is 0 Å². The van der Waals surface area contributed by atoms with Crippen LogP contribution in [0.25, 0.3) is 0 Å². The van der Waals surface area contributed by atoms with Gasteiger partial charge in [0, 0.05) is 18.6 Å². The lowest BCUT2D eigenvalue weighted by Gasteiger charge is -2.33. The molecule has 0 aliphatic carbocycles. The van der Waals surface area contributed by atoms with Crippen LogP contribution in [0.5, 0.6) is 0 Å². The Hall–Kier alpha value is -2.80. The maximum atomic E-state index is 13.4. The molecular formula is C21H25BrFN5O5S. The van der Waals surface area contributed by atoms with Gasteiger partial charge in [0.25, 0.3) is 15.9 Å². The summed E-state index contributed by atoms with van der Waals surface area (Å²) in [4.78, 5) is 33.4. The fraction of sp³-hybridized carbons (Fsp3) is 0.429. The SMILES string of the molecule is CC1(C)C[C@H](CCCNC(=O)O)CN1c1nc(Br)ccc1C(=O)NS(=O)(=O)c1cccc(F)n1. The summed E-state index contributed by atoms with van der Waals surface area (Å²) in [5.41, 5.74) is -0.346. The van der Waals surface area contributed by atoms with Crippen molar-refractivity contribution in [2.45, 2.75) is 43.7 Å². The minimum absolute atomic E-state index is 0.0458. The molecule has 0 spiro atoms. The van der Waals surface area contributed by atoms with Crippen LogP contribution < -0.4 is 14.9 Å². The van der Waals surface area contributed by atoms with Crippen LogP contribution in [0.15, 0.2) is 40.0 Å². The number of hydrogen-bond acceptors (Lipinski definition) is 7. The number of anilines is 1. The number of sulfonamides is 1. The maximum Gasteiger partial charge on any atom is 0.404 e. The first kappa shape index (κ1) is 25.8. The third kappa shape index (κ3) is 6.20. The lowest BCUT2D eigenvalue weighted by Crippen LogP contribution is -2.41. The molecule has 0 aromatic carbocycles. The van der Waals surface area contributed by atoms with Gasteiger partial charge in [-0.3, -0.25) is 4.79 Å². The Bertz CT molecular complexity index is 1190. The molecule has 1 atom stereocenters. The van der Waals surface area contributed by atoms with Gasteiger partial charge in [-0.05, 0) is 79.2 Å². The third-order valence-electron chi connectivity index (χ3n) is 5.56. The van der Waals surface area contributed by atoms with Crippen LogP contribution in [-0.4, -0.2) is 54.1 Å². The predicted octanol–water partition coefficient (Wildman–Crippen LogP) is 3.15. The van der Waals surface area contributed by atoms with Crippen LogP contribution in [0.2, 0.25) is 0 Å². The Labute approximate surface area is 205 Å². The Balaban J connectivity index is 1.83. The minimum atomic E-state index is -4.41. The molecule has 2 amide bonds. The van der Waals surface area contributed by atoms with Gasteiger partial charge in [-0.25, -0.2) is 19.5 Å². The van der Waals surface area contributed by atoms with Crippen LogP contribution in [0.3, 0.4) is 0 Å².